The van der Waals surface area contributed by atoms with Gasteiger partial charge in [0.15, 0.2) is 0 Å². The van der Waals surface area contributed by atoms with Gasteiger partial charge in [0.1, 0.15) is 24.4 Å². The lowest BCUT2D eigenvalue weighted by Crippen LogP contribution is -2.52. The molecule has 0 aromatic heterocycles. The number of ether oxygens (including phenoxy) is 2. The Morgan fingerprint density at radius 2 is 1.71 bits per heavy atom. The van der Waals surface area contributed by atoms with Gasteiger partial charge < -0.3 is 30.7 Å². The Balaban J connectivity index is 1.77. The minimum atomic E-state index is -0.934. The molecular formula is C31H49N5O6. The van der Waals surface area contributed by atoms with Crippen LogP contribution in [0.2, 0.25) is 0 Å². The summed E-state index contributed by atoms with van der Waals surface area (Å²) in [5.41, 5.74) is 0.286. The number of nitrogens with zero attached hydrogens (tertiary/aromatic N) is 1. The van der Waals surface area contributed by atoms with Crippen molar-refractivity contribution in [3.8, 4) is 5.75 Å². The maximum Gasteiger partial charge on any atom is 0.255 e. The predicted octanol–water partition coefficient (Wildman–Crippen LogP) is 1.86. The zero-order valence-corrected chi connectivity index (χ0v) is 25.6. The molecule has 3 atom stereocenters. The fourth-order valence-corrected chi connectivity index (χ4v) is 5.22. The maximum absolute atomic E-state index is 13.4. The number of nitrogens with one attached hydrogen (secondary N) is 4. The van der Waals surface area contributed by atoms with Crippen LogP contribution in [0.15, 0.2) is 24.3 Å². The molecule has 4 amide bonds. The van der Waals surface area contributed by atoms with E-state index in [1.165, 1.54) is 0 Å². The number of benzene rings is 1. The molecule has 2 aliphatic rings. The van der Waals surface area contributed by atoms with Crippen LogP contribution in [0, 0.1) is 11.8 Å². The van der Waals surface area contributed by atoms with Gasteiger partial charge in [-0.15, -0.1) is 0 Å². The summed E-state index contributed by atoms with van der Waals surface area (Å²) in [6.45, 7) is 12.7. The molecule has 4 N–H and O–H groups in total. The fraction of sp³-hybridized carbons (Fsp3) is 0.677. The van der Waals surface area contributed by atoms with E-state index in [-0.39, 0.29) is 60.6 Å². The van der Waals surface area contributed by atoms with E-state index in [4.69, 9.17) is 9.47 Å². The first-order valence-corrected chi connectivity index (χ1v) is 15.3. The quantitative estimate of drug-likeness (QED) is 0.324. The van der Waals surface area contributed by atoms with Gasteiger partial charge in [-0.05, 0) is 56.2 Å². The van der Waals surface area contributed by atoms with Crippen LogP contribution in [0.5, 0.6) is 5.75 Å². The third kappa shape index (κ3) is 11.2. The van der Waals surface area contributed by atoms with Crippen molar-refractivity contribution in [3.63, 3.8) is 0 Å². The van der Waals surface area contributed by atoms with Gasteiger partial charge in [0.05, 0.1) is 24.8 Å². The molecular weight excluding hydrogens is 538 g/mol. The number of amides is 4. The fourth-order valence-electron chi connectivity index (χ4n) is 5.22. The molecule has 234 valence electrons. The first-order chi connectivity index (χ1) is 20.1. The Kier molecular flexibility index (Phi) is 13.5. The third-order valence-electron chi connectivity index (χ3n) is 7.37. The van der Waals surface area contributed by atoms with Crippen LogP contribution in [0.3, 0.4) is 0 Å². The molecule has 0 aliphatic carbocycles. The lowest BCUT2D eigenvalue weighted by atomic mass is 10.0. The predicted molar refractivity (Wildman–Crippen MR) is 160 cm³/mol. The summed E-state index contributed by atoms with van der Waals surface area (Å²) in [7, 11) is 0. The summed E-state index contributed by atoms with van der Waals surface area (Å²) in [4.78, 5) is 55.3. The topological polar surface area (TPSA) is 138 Å². The van der Waals surface area contributed by atoms with Gasteiger partial charge in [-0.25, -0.2) is 0 Å². The zero-order valence-electron chi connectivity index (χ0n) is 25.6. The summed E-state index contributed by atoms with van der Waals surface area (Å²) >= 11 is 0. The Labute approximate surface area is 249 Å². The first-order valence-electron chi connectivity index (χ1n) is 15.3. The molecule has 1 aromatic rings. The SMILES string of the molecule is CC(C)C[C@@H]1COc2ccccc2C(=O)N[C@H](C(=O)NCCCN2CCOCC2)CCC(=O)N[C@H](CC(C)C)C(=O)N1. The molecule has 1 fully saturated rings. The number of para-hydroxylation sites is 1. The number of fused-ring (bicyclic) bond motifs is 1. The molecule has 3 rings (SSSR count). The summed E-state index contributed by atoms with van der Waals surface area (Å²) < 4.78 is 11.5. The van der Waals surface area contributed by atoms with Crippen LogP contribution in [0.4, 0.5) is 0 Å². The van der Waals surface area contributed by atoms with E-state index in [1.54, 1.807) is 24.3 Å². The largest absolute Gasteiger partial charge is 0.491 e. The second kappa shape index (κ2) is 17.1. The number of hydrogen-bond donors (Lipinski definition) is 4. The molecule has 2 aliphatic heterocycles. The molecule has 1 saturated heterocycles. The molecule has 11 nitrogen and oxygen atoms in total. The van der Waals surface area contributed by atoms with Crippen molar-refractivity contribution < 1.29 is 28.7 Å². The second-order valence-electron chi connectivity index (χ2n) is 12.1. The van der Waals surface area contributed by atoms with Gasteiger partial charge in [-0.2, -0.15) is 0 Å². The van der Waals surface area contributed by atoms with Gasteiger partial charge in [-0.1, -0.05) is 39.8 Å². The van der Waals surface area contributed by atoms with E-state index in [9.17, 15) is 19.2 Å². The van der Waals surface area contributed by atoms with Crippen molar-refractivity contribution in [3.05, 3.63) is 29.8 Å². The molecule has 0 bridgehead atoms. The van der Waals surface area contributed by atoms with Crippen molar-refractivity contribution >= 4 is 23.6 Å². The average molecular weight is 588 g/mol. The third-order valence-corrected chi connectivity index (χ3v) is 7.37. The second-order valence-corrected chi connectivity index (χ2v) is 12.1. The van der Waals surface area contributed by atoms with Crippen LogP contribution >= 0.6 is 0 Å². The molecule has 0 saturated carbocycles. The minimum Gasteiger partial charge on any atom is -0.491 e. The number of carbonyl (C=O) groups is 4. The van der Waals surface area contributed by atoms with Crippen LogP contribution in [0.25, 0.3) is 0 Å². The van der Waals surface area contributed by atoms with E-state index in [0.29, 0.717) is 38.3 Å². The summed E-state index contributed by atoms with van der Waals surface area (Å²) in [5, 5.41) is 11.7. The first kappa shape index (κ1) is 33.3. The van der Waals surface area contributed by atoms with Gasteiger partial charge in [0.25, 0.3) is 5.91 Å². The average Bonchev–Trinajstić information content (AvgIpc) is 2.95. The van der Waals surface area contributed by atoms with Crippen LogP contribution < -0.4 is 26.0 Å². The monoisotopic (exact) mass is 587 g/mol. The van der Waals surface area contributed by atoms with Crippen LogP contribution in [-0.4, -0.2) is 92.7 Å². The van der Waals surface area contributed by atoms with E-state index in [1.807, 2.05) is 13.8 Å². The summed E-state index contributed by atoms with van der Waals surface area (Å²) in [5.74, 6) is -0.604. The molecule has 11 heteroatoms. The minimum absolute atomic E-state index is 0.0262. The van der Waals surface area contributed by atoms with E-state index < -0.39 is 18.0 Å². The van der Waals surface area contributed by atoms with Crippen LogP contribution in [-0.2, 0) is 19.1 Å². The molecule has 0 spiro atoms. The Morgan fingerprint density at radius 3 is 2.43 bits per heavy atom. The van der Waals surface area contributed by atoms with Crippen molar-refractivity contribution in [2.45, 2.75) is 77.9 Å². The lowest BCUT2D eigenvalue weighted by molar-refractivity contribution is -0.130. The van der Waals surface area contributed by atoms with Crippen molar-refractivity contribution in [1.82, 2.24) is 26.2 Å². The number of morpholine rings is 1. The molecule has 2 heterocycles. The number of hydrogen-bond acceptors (Lipinski definition) is 7. The zero-order chi connectivity index (χ0) is 30.5. The normalized spacial score (nSPS) is 23.1. The molecule has 0 radical (unpaired) electrons. The Hall–Kier alpha value is -3.18. The number of rotatable bonds is 9. The Bertz CT molecular complexity index is 1040. The lowest BCUT2D eigenvalue weighted by Gasteiger charge is -2.26. The van der Waals surface area contributed by atoms with Gasteiger partial charge >= 0.3 is 0 Å². The highest BCUT2D eigenvalue weighted by molar-refractivity contribution is 5.99. The highest BCUT2D eigenvalue weighted by atomic mass is 16.5. The van der Waals surface area contributed by atoms with Gasteiger partial charge in [0, 0.05) is 26.1 Å². The summed E-state index contributed by atoms with van der Waals surface area (Å²) in [6.07, 6.45) is 1.95. The van der Waals surface area contributed by atoms with Crippen molar-refractivity contribution in [2.24, 2.45) is 11.8 Å². The van der Waals surface area contributed by atoms with E-state index in [0.717, 1.165) is 26.1 Å². The Morgan fingerprint density at radius 1 is 1.00 bits per heavy atom. The van der Waals surface area contributed by atoms with Gasteiger partial charge in [-0.3, -0.25) is 24.1 Å². The van der Waals surface area contributed by atoms with E-state index >= 15 is 0 Å². The molecule has 0 unspecified atom stereocenters. The maximum atomic E-state index is 13.4. The van der Waals surface area contributed by atoms with Crippen molar-refractivity contribution in [1.29, 1.82) is 0 Å². The molecule has 42 heavy (non-hydrogen) atoms. The van der Waals surface area contributed by atoms with E-state index in [2.05, 4.69) is 40.0 Å². The van der Waals surface area contributed by atoms with Gasteiger partial charge in [0.2, 0.25) is 17.7 Å². The smallest absolute Gasteiger partial charge is 0.255 e. The molecule has 1 aromatic carbocycles. The standard InChI is InChI=1S/C31H49N5O6/c1-21(2)18-23-20-42-27-9-6-5-8-24(27)29(38)35-25(30(39)32-12-7-13-36-14-16-41-17-15-36)10-11-28(37)34-26(19-22(3)4)31(40)33-23/h5-6,8-9,21-23,25-26H,7,10-20H2,1-4H3,(H,32,39)(H,33,40)(H,34,37)(H,35,38)/t23-,25+,26-/m1/s1. The summed E-state index contributed by atoms with van der Waals surface area (Å²) in [6, 6.07) is 4.88. The highest BCUT2D eigenvalue weighted by Gasteiger charge is 2.28. The van der Waals surface area contributed by atoms with Crippen molar-refractivity contribution in [2.75, 3.05) is 46.0 Å². The van der Waals surface area contributed by atoms with Crippen LogP contribution in [0.1, 0.15) is 70.2 Å². The number of carbonyl (C=O) groups excluding carboxylic acids is 4. The highest BCUT2D eigenvalue weighted by Crippen LogP contribution is 2.20.